The molecule has 0 bridgehead atoms. The van der Waals surface area contributed by atoms with Gasteiger partial charge in [-0.15, -0.1) is 0 Å². The molecular weight excluding hydrogens is 250 g/mol. The van der Waals surface area contributed by atoms with Crippen LogP contribution in [-0.4, -0.2) is 18.0 Å². The van der Waals surface area contributed by atoms with Crippen molar-refractivity contribution in [1.82, 2.24) is 5.32 Å². The molecule has 0 unspecified atom stereocenters. The molecule has 1 rings (SSSR count). The Labute approximate surface area is 114 Å². The SMILES string of the molecule is C[C@@H](CCC(N)=O)NC(=O)Nc1ccccc1.S. The smallest absolute Gasteiger partial charge is 0.319 e. The molecule has 0 fully saturated rings. The lowest BCUT2D eigenvalue weighted by atomic mass is 10.2. The van der Waals surface area contributed by atoms with Gasteiger partial charge in [0.2, 0.25) is 5.91 Å². The number of carbonyl (C=O) groups is 2. The molecule has 1 aromatic rings. The Kier molecular flexibility index (Phi) is 7.62. The third-order valence-corrected chi connectivity index (χ3v) is 2.23. The van der Waals surface area contributed by atoms with Crippen LogP contribution in [0, 0.1) is 0 Å². The third-order valence-electron chi connectivity index (χ3n) is 2.23. The molecule has 0 aliphatic carbocycles. The van der Waals surface area contributed by atoms with Crippen molar-refractivity contribution in [2.45, 2.75) is 25.8 Å². The van der Waals surface area contributed by atoms with Crippen molar-refractivity contribution in [2.24, 2.45) is 5.73 Å². The van der Waals surface area contributed by atoms with Gasteiger partial charge in [0.1, 0.15) is 0 Å². The first-order chi connectivity index (χ1) is 8.08. The van der Waals surface area contributed by atoms with Crippen LogP contribution in [0.3, 0.4) is 0 Å². The quantitative estimate of drug-likeness (QED) is 0.758. The first kappa shape index (κ1) is 16.3. The van der Waals surface area contributed by atoms with E-state index in [1.54, 1.807) is 12.1 Å². The van der Waals surface area contributed by atoms with Gasteiger partial charge in [0, 0.05) is 18.2 Å². The van der Waals surface area contributed by atoms with Crippen molar-refractivity contribution in [2.75, 3.05) is 5.32 Å². The van der Waals surface area contributed by atoms with Crippen LogP contribution < -0.4 is 16.4 Å². The average Bonchev–Trinajstić information content (AvgIpc) is 2.27. The first-order valence-electron chi connectivity index (χ1n) is 5.49. The first-order valence-corrected chi connectivity index (χ1v) is 5.49. The van der Waals surface area contributed by atoms with E-state index in [2.05, 4.69) is 10.6 Å². The highest BCUT2D eigenvalue weighted by molar-refractivity contribution is 7.59. The molecule has 0 saturated carbocycles. The van der Waals surface area contributed by atoms with Crippen molar-refractivity contribution < 1.29 is 9.59 Å². The number of nitrogens with one attached hydrogen (secondary N) is 2. The number of amides is 3. The summed E-state index contributed by atoms with van der Waals surface area (Å²) in [6.07, 6.45) is 0.810. The van der Waals surface area contributed by atoms with Gasteiger partial charge in [0.05, 0.1) is 0 Å². The molecular formula is C12H19N3O2S. The Balaban J connectivity index is 0.00000289. The van der Waals surface area contributed by atoms with Crippen LogP contribution in [0.15, 0.2) is 30.3 Å². The number of rotatable bonds is 5. The molecule has 0 radical (unpaired) electrons. The molecule has 100 valence electrons. The number of urea groups is 1. The number of hydrogen-bond donors (Lipinski definition) is 3. The maximum Gasteiger partial charge on any atom is 0.319 e. The predicted molar refractivity (Wildman–Crippen MR) is 76.9 cm³/mol. The van der Waals surface area contributed by atoms with E-state index < -0.39 is 0 Å². The largest absolute Gasteiger partial charge is 0.370 e. The van der Waals surface area contributed by atoms with Gasteiger partial charge >= 0.3 is 6.03 Å². The monoisotopic (exact) mass is 269 g/mol. The summed E-state index contributed by atoms with van der Waals surface area (Å²) >= 11 is 0. The summed E-state index contributed by atoms with van der Waals surface area (Å²) < 4.78 is 0. The molecule has 6 heteroatoms. The van der Waals surface area contributed by atoms with E-state index in [0.29, 0.717) is 6.42 Å². The van der Waals surface area contributed by atoms with E-state index in [1.807, 2.05) is 25.1 Å². The fourth-order valence-corrected chi connectivity index (χ4v) is 1.34. The van der Waals surface area contributed by atoms with Crippen LogP contribution in [-0.2, 0) is 4.79 Å². The van der Waals surface area contributed by atoms with Gasteiger partial charge in [-0.05, 0) is 25.5 Å². The van der Waals surface area contributed by atoms with Crippen LogP contribution in [0.4, 0.5) is 10.5 Å². The molecule has 0 aliphatic rings. The van der Waals surface area contributed by atoms with E-state index in [0.717, 1.165) is 5.69 Å². The molecule has 5 nitrogen and oxygen atoms in total. The maximum atomic E-state index is 11.5. The van der Waals surface area contributed by atoms with Crippen molar-refractivity contribution in [3.05, 3.63) is 30.3 Å². The van der Waals surface area contributed by atoms with Crippen molar-refractivity contribution in [3.8, 4) is 0 Å². The van der Waals surface area contributed by atoms with Crippen LogP contribution >= 0.6 is 13.5 Å². The molecule has 0 spiro atoms. The number of carbonyl (C=O) groups excluding carboxylic acids is 2. The summed E-state index contributed by atoms with van der Waals surface area (Å²) in [4.78, 5) is 22.1. The Morgan fingerprint density at radius 1 is 1.28 bits per heavy atom. The van der Waals surface area contributed by atoms with Crippen molar-refractivity contribution in [3.63, 3.8) is 0 Å². The van der Waals surface area contributed by atoms with Gasteiger partial charge in [0.25, 0.3) is 0 Å². The van der Waals surface area contributed by atoms with E-state index in [-0.39, 0.29) is 37.9 Å². The second-order valence-corrected chi connectivity index (χ2v) is 3.87. The molecule has 0 aliphatic heterocycles. The summed E-state index contributed by atoms with van der Waals surface area (Å²) in [5, 5.41) is 5.42. The fourth-order valence-electron chi connectivity index (χ4n) is 1.34. The number of hydrogen-bond acceptors (Lipinski definition) is 2. The van der Waals surface area contributed by atoms with Gasteiger partial charge in [-0.2, -0.15) is 13.5 Å². The Bertz CT molecular complexity index is 384. The topological polar surface area (TPSA) is 84.2 Å². The second-order valence-electron chi connectivity index (χ2n) is 3.87. The minimum absolute atomic E-state index is 0. The fraction of sp³-hybridized carbons (Fsp3) is 0.333. The molecule has 0 aromatic heterocycles. The summed E-state index contributed by atoms with van der Waals surface area (Å²) in [5.74, 6) is -0.359. The lowest BCUT2D eigenvalue weighted by molar-refractivity contribution is -0.118. The normalized spacial score (nSPS) is 10.9. The van der Waals surface area contributed by atoms with Crippen LogP contribution in [0.5, 0.6) is 0 Å². The number of anilines is 1. The van der Waals surface area contributed by atoms with Crippen molar-refractivity contribution >= 4 is 31.1 Å². The van der Waals surface area contributed by atoms with E-state index in [9.17, 15) is 9.59 Å². The Morgan fingerprint density at radius 2 is 1.89 bits per heavy atom. The van der Waals surface area contributed by atoms with Crippen molar-refractivity contribution in [1.29, 1.82) is 0 Å². The number of nitrogens with two attached hydrogens (primary N) is 1. The zero-order chi connectivity index (χ0) is 12.7. The Morgan fingerprint density at radius 3 is 2.44 bits per heavy atom. The maximum absolute atomic E-state index is 11.5. The highest BCUT2D eigenvalue weighted by Gasteiger charge is 2.08. The van der Waals surface area contributed by atoms with Crippen LogP contribution in [0.1, 0.15) is 19.8 Å². The minimum atomic E-state index is -0.359. The number of para-hydroxylation sites is 1. The van der Waals surface area contributed by atoms with E-state index in [4.69, 9.17) is 5.73 Å². The third kappa shape index (κ3) is 6.80. The Hall–Kier alpha value is -1.69. The molecule has 0 heterocycles. The van der Waals surface area contributed by atoms with Gasteiger partial charge in [-0.3, -0.25) is 4.79 Å². The van der Waals surface area contributed by atoms with Gasteiger partial charge in [0.15, 0.2) is 0 Å². The van der Waals surface area contributed by atoms with Gasteiger partial charge < -0.3 is 16.4 Å². The summed E-state index contributed by atoms with van der Waals surface area (Å²) in [7, 11) is 0. The lowest BCUT2D eigenvalue weighted by Gasteiger charge is -2.13. The van der Waals surface area contributed by atoms with Gasteiger partial charge in [-0.1, -0.05) is 18.2 Å². The minimum Gasteiger partial charge on any atom is -0.370 e. The molecule has 0 saturated heterocycles. The van der Waals surface area contributed by atoms with Crippen LogP contribution in [0.25, 0.3) is 0 Å². The highest BCUT2D eigenvalue weighted by atomic mass is 32.1. The van der Waals surface area contributed by atoms with E-state index >= 15 is 0 Å². The zero-order valence-electron chi connectivity index (χ0n) is 10.3. The predicted octanol–water partition coefficient (Wildman–Crippen LogP) is 1.57. The highest BCUT2D eigenvalue weighted by Crippen LogP contribution is 2.04. The van der Waals surface area contributed by atoms with E-state index in [1.165, 1.54) is 0 Å². The lowest BCUT2D eigenvalue weighted by Crippen LogP contribution is -2.36. The molecule has 4 N–H and O–H groups in total. The average molecular weight is 269 g/mol. The molecule has 3 amide bonds. The summed E-state index contributed by atoms with van der Waals surface area (Å²) in [6, 6.07) is 8.78. The second kappa shape index (κ2) is 8.41. The number of benzene rings is 1. The summed E-state index contributed by atoms with van der Waals surface area (Å²) in [5.41, 5.74) is 5.76. The van der Waals surface area contributed by atoms with Gasteiger partial charge in [-0.25, -0.2) is 4.79 Å². The number of primary amides is 1. The zero-order valence-corrected chi connectivity index (χ0v) is 11.3. The molecule has 1 atom stereocenters. The van der Waals surface area contributed by atoms with Crippen LogP contribution in [0.2, 0.25) is 0 Å². The molecule has 18 heavy (non-hydrogen) atoms. The molecule has 1 aromatic carbocycles. The standard InChI is InChI=1S/C12H17N3O2.H2S/c1-9(7-8-11(13)16)14-12(17)15-10-5-3-2-4-6-10;/h2-6,9H,7-8H2,1H3,(H2,13,16)(H2,14,15,17);1H2/t9-;/m0./s1. The summed E-state index contributed by atoms with van der Waals surface area (Å²) in [6.45, 7) is 1.83.